The molecule has 0 aliphatic rings. The lowest BCUT2D eigenvalue weighted by Crippen LogP contribution is -2.36. The van der Waals surface area contributed by atoms with Crippen LogP contribution in [0.15, 0.2) is 15.3 Å². The molecule has 0 unspecified atom stereocenters. The number of rotatable bonds is 56. The topological polar surface area (TPSA) is 380 Å². The van der Waals surface area contributed by atoms with E-state index in [-0.39, 0.29) is 196 Å². The molecule has 4 amide bonds. The number of carbonyl (C=O) groups is 9. The lowest BCUT2D eigenvalue weighted by Gasteiger charge is -2.22. The number of nitrogens with one attached hydrogen (secondary N) is 1. The standard InChI is InChI=1S/C50H86N14O15/c1-61(36-44(67)12-4-7-20-55-58-51)48(71)39-77-27-10-15-42(65)17-29-74-33-24-64(25-34-75-30-18-43(66)16-11-28-78-40-49(72)62(2)37-45(68)13-5-8-21-56-59-52)26-35-76-31-19-47(70)54-23-32-79-41-50(73)63(3)38-46(69)14-6-9-22-57-60-53/h4-41H2,1-3H3,(H,54,70). The highest BCUT2D eigenvalue weighted by Crippen LogP contribution is 2.05. The molecule has 1 N–H and O–H groups in total. The Morgan fingerprint density at radius 1 is 0.380 bits per heavy atom. The molecule has 446 valence electrons. The van der Waals surface area contributed by atoms with E-state index in [9.17, 15) is 43.2 Å². The van der Waals surface area contributed by atoms with Crippen LogP contribution in [0.2, 0.25) is 0 Å². The normalized spacial score (nSPS) is 10.7. The molecule has 0 rings (SSSR count). The maximum absolute atomic E-state index is 12.5. The third kappa shape index (κ3) is 46.5. The average molecular weight is 1120 g/mol. The molecular weight excluding hydrogens is 1040 g/mol. The van der Waals surface area contributed by atoms with Crippen LogP contribution in [0.3, 0.4) is 0 Å². The second kappa shape index (κ2) is 51.3. The predicted octanol–water partition coefficient (Wildman–Crippen LogP) is 3.90. The summed E-state index contributed by atoms with van der Waals surface area (Å²) >= 11 is 0. The zero-order valence-electron chi connectivity index (χ0n) is 46.8. The summed E-state index contributed by atoms with van der Waals surface area (Å²) in [7, 11) is 4.54. The summed E-state index contributed by atoms with van der Waals surface area (Å²) < 4.78 is 33.5. The van der Waals surface area contributed by atoms with Crippen LogP contribution >= 0.6 is 0 Å². The van der Waals surface area contributed by atoms with Gasteiger partial charge in [0.15, 0.2) is 17.3 Å². The van der Waals surface area contributed by atoms with Gasteiger partial charge in [-0.3, -0.25) is 48.1 Å². The molecule has 0 aliphatic heterocycles. The Balaban J connectivity index is 4.68. The lowest BCUT2D eigenvalue weighted by atomic mass is 10.1. The number of hydrogen-bond acceptors (Lipinski definition) is 19. The Morgan fingerprint density at radius 3 is 1.06 bits per heavy atom. The Kier molecular flexibility index (Phi) is 47.3. The fourth-order valence-corrected chi connectivity index (χ4v) is 6.86. The highest BCUT2D eigenvalue weighted by Gasteiger charge is 2.16. The molecule has 79 heavy (non-hydrogen) atoms. The maximum Gasteiger partial charge on any atom is 0.248 e. The van der Waals surface area contributed by atoms with E-state index in [1.54, 1.807) is 0 Å². The summed E-state index contributed by atoms with van der Waals surface area (Å²) in [6.07, 6.45) is 6.06. The first-order valence-corrected chi connectivity index (χ1v) is 26.9. The number of azide groups is 3. The minimum atomic E-state index is -0.375. The van der Waals surface area contributed by atoms with Crippen molar-refractivity contribution < 1.29 is 71.6 Å². The van der Waals surface area contributed by atoms with E-state index >= 15 is 0 Å². The minimum absolute atomic E-state index is 0.0245. The van der Waals surface area contributed by atoms with Crippen molar-refractivity contribution in [1.29, 1.82) is 0 Å². The highest BCUT2D eigenvalue weighted by molar-refractivity contribution is 5.87. The van der Waals surface area contributed by atoms with Gasteiger partial charge in [0.1, 0.15) is 31.4 Å². The quantitative estimate of drug-likeness (QED) is 0.0390. The SMILES string of the molecule is CN(CC(=O)CCCCN=[N+]=[N-])C(=O)COCCCC(=O)CCOCCN(CCOCCC(=O)CCCOCC(=O)N(C)CC(=O)CCCCN=[N+]=[N-])CCOCCC(=O)NCCOCC(=O)N(C)CC(=O)CCCCN=[N+]=[N-]. The largest absolute Gasteiger partial charge is 0.380 e. The van der Waals surface area contributed by atoms with Crippen LogP contribution < -0.4 is 5.32 Å². The van der Waals surface area contributed by atoms with Crippen LogP contribution in [0.1, 0.15) is 103 Å². The van der Waals surface area contributed by atoms with Crippen molar-refractivity contribution in [3.05, 3.63) is 31.3 Å². The van der Waals surface area contributed by atoms with Gasteiger partial charge >= 0.3 is 0 Å². The molecule has 0 saturated carbocycles. The summed E-state index contributed by atoms with van der Waals surface area (Å²) in [6.45, 7) is 3.63. The molecule has 0 bridgehead atoms. The molecule has 0 aromatic heterocycles. The van der Waals surface area contributed by atoms with Crippen molar-refractivity contribution >= 4 is 52.5 Å². The molecule has 0 radical (unpaired) electrons. The number of ether oxygens (including phenoxy) is 6. The van der Waals surface area contributed by atoms with E-state index < -0.39 is 0 Å². The molecule has 29 heteroatoms. The van der Waals surface area contributed by atoms with E-state index in [2.05, 4.69) is 35.4 Å². The highest BCUT2D eigenvalue weighted by atomic mass is 16.5. The Morgan fingerprint density at radius 2 is 0.709 bits per heavy atom. The van der Waals surface area contributed by atoms with Crippen LogP contribution in [0.4, 0.5) is 0 Å². The molecule has 0 aliphatic carbocycles. The van der Waals surface area contributed by atoms with Gasteiger partial charge in [0.05, 0.1) is 65.9 Å². The molecule has 29 nitrogen and oxygen atoms in total. The number of hydrogen-bond donors (Lipinski definition) is 1. The third-order valence-electron chi connectivity index (χ3n) is 11.5. The first-order valence-electron chi connectivity index (χ1n) is 26.9. The summed E-state index contributed by atoms with van der Waals surface area (Å²) in [5, 5.41) is 13.0. The zero-order valence-corrected chi connectivity index (χ0v) is 46.8. The number of ketones is 5. The smallest absolute Gasteiger partial charge is 0.248 e. The van der Waals surface area contributed by atoms with E-state index in [0.717, 1.165) is 0 Å². The lowest BCUT2D eigenvalue weighted by molar-refractivity contribution is -0.138. The monoisotopic (exact) mass is 1120 g/mol. The first-order chi connectivity index (χ1) is 38.1. The van der Waals surface area contributed by atoms with E-state index in [1.807, 2.05) is 4.90 Å². The van der Waals surface area contributed by atoms with Gasteiger partial charge in [-0.2, -0.15) is 0 Å². The van der Waals surface area contributed by atoms with Crippen molar-refractivity contribution in [2.24, 2.45) is 15.3 Å². The van der Waals surface area contributed by atoms with Crippen LogP contribution in [-0.2, 0) is 71.6 Å². The summed E-state index contributed by atoms with van der Waals surface area (Å²) in [5.41, 5.74) is 25.0. The van der Waals surface area contributed by atoms with Gasteiger partial charge in [-0.25, -0.2) is 0 Å². The number of amides is 4. The van der Waals surface area contributed by atoms with Gasteiger partial charge in [-0.15, -0.1) is 0 Å². The molecule has 0 saturated heterocycles. The number of Topliss-reactive ketones (excluding diaryl/α,β-unsaturated/α-hetero) is 5. The fourth-order valence-electron chi connectivity index (χ4n) is 6.86. The van der Waals surface area contributed by atoms with Crippen molar-refractivity contribution in [3.63, 3.8) is 0 Å². The van der Waals surface area contributed by atoms with Crippen LogP contribution in [0.25, 0.3) is 31.3 Å². The number of likely N-dealkylation sites (N-methyl/N-ethyl adjacent to an activating group) is 3. The Hall–Kier alpha value is -6.12. The Bertz CT molecular complexity index is 1730. The average Bonchev–Trinajstić information content (AvgIpc) is 3.41. The molecule has 0 heterocycles. The van der Waals surface area contributed by atoms with Gasteiger partial charge in [0.2, 0.25) is 23.6 Å². The molecule has 0 spiro atoms. The third-order valence-corrected chi connectivity index (χ3v) is 11.5. The zero-order chi connectivity index (χ0) is 58.6. The van der Waals surface area contributed by atoms with Crippen molar-refractivity contribution in [1.82, 2.24) is 24.9 Å². The van der Waals surface area contributed by atoms with Gasteiger partial charge in [0.25, 0.3) is 0 Å². The molecule has 0 aromatic carbocycles. The number of nitrogens with zero attached hydrogens (tertiary/aromatic N) is 13. The molecule has 0 fully saturated rings. The van der Waals surface area contributed by atoms with Gasteiger partial charge in [-0.1, -0.05) is 15.3 Å². The predicted molar refractivity (Wildman–Crippen MR) is 288 cm³/mol. The summed E-state index contributed by atoms with van der Waals surface area (Å²) in [4.78, 5) is 125. The fraction of sp³-hybridized carbons (Fsp3) is 0.820. The summed E-state index contributed by atoms with van der Waals surface area (Å²) in [5.74, 6) is -1.71. The Labute approximate surface area is 463 Å². The van der Waals surface area contributed by atoms with Gasteiger partial charge in [-0.05, 0) is 68.0 Å². The maximum atomic E-state index is 12.5. The molecule has 0 atom stereocenters. The second-order valence-corrected chi connectivity index (χ2v) is 18.3. The van der Waals surface area contributed by atoms with E-state index in [0.29, 0.717) is 104 Å². The summed E-state index contributed by atoms with van der Waals surface area (Å²) in [6, 6.07) is 0. The van der Waals surface area contributed by atoms with Crippen molar-refractivity contribution in [2.75, 3.05) is 166 Å². The number of carbonyl (C=O) groups excluding carboxylic acids is 9. The number of unbranched alkanes of at least 4 members (excludes halogenated alkanes) is 3. The minimum Gasteiger partial charge on any atom is -0.380 e. The van der Waals surface area contributed by atoms with E-state index in [4.69, 9.17) is 45.0 Å². The van der Waals surface area contributed by atoms with Crippen molar-refractivity contribution in [2.45, 2.75) is 103 Å². The van der Waals surface area contributed by atoms with Crippen LogP contribution in [-0.4, -0.2) is 238 Å². The van der Waals surface area contributed by atoms with E-state index in [1.165, 1.54) is 35.8 Å². The van der Waals surface area contributed by atoms with Gasteiger partial charge in [0, 0.05) is 146 Å². The van der Waals surface area contributed by atoms with Gasteiger partial charge < -0.3 is 48.4 Å². The van der Waals surface area contributed by atoms with Crippen LogP contribution in [0, 0.1) is 0 Å². The first kappa shape index (κ1) is 72.9. The molecular formula is C50H86N14O15. The van der Waals surface area contributed by atoms with Crippen LogP contribution in [0.5, 0.6) is 0 Å². The molecule has 0 aromatic rings. The van der Waals surface area contributed by atoms with Crippen molar-refractivity contribution in [3.8, 4) is 0 Å². The second-order valence-electron chi connectivity index (χ2n) is 18.3.